The number of nitrogens with one attached hydrogen (secondary N) is 1. The Morgan fingerprint density at radius 1 is 1.08 bits per heavy atom. The van der Waals surface area contributed by atoms with E-state index in [0.717, 1.165) is 24.4 Å². The van der Waals surface area contributed by atoms with Crippen LogP contribution < -0.4 is 10.1 Å². The standard InChI is InChI=1S/C19H22N2O3/c1-23-12-13-24-18-8-6-17(7-9-18)20-19(22)21-11-10-15-4-2-3-5-16(15)14-21/h2-9H,10-14H2,1H3,(H,20,22). The van der Waals surface area contributed by atoms with Crippen LogP contribution in [0.4, 0.5) is 10.5 Å². The highest BCUT2D eigenvalue weighted by molar-refractivity contribution is 5.89. The Morgan fingerprint density at radius 3 is 2.58 bits per heavy atom. The normalized spacial score (nSPS) is 13.3. The lowest BCUT2D eigenvalue weighted by Gasteiger charge is -2.29. The van der Waals surface area contributed by atoms with E-state index >= 15 is 0 Å². The maximum Gasteiger partial charge on any atom is 0.322 e. The molecule has 0 spiro atoms. The Labute approximate surface area is 142 Å². The van der Waals surface area contributed by atoms with Crippen LogP contribution in [-0.4, -0.2) is 37.8 Å². The molecule has 0 aliphatic carbocycles. The third-order valence-electron chi connectivity index (χ3n) is 4.08. The summed E-state index contributed by atoms with van der Waals surface area (Å²) in [4.78, 5) is 14.3. The number of rotatable bonds is 5. The zero-order valence-corrected chi connectivity index (χ0v) is 13.8. The minimum atomic E-state index is -0.0717. The summed E-state index contributed by atoms with van der Waals surface area (Å²) in [6, 6.07) is 15.6. The van der Waals surface area contributed by atoms with Crippen molar-refractivity contribution < 1.29 is 14.3 Å². The molecule has 1 aliphatic rings. The molecule has 24 heavy (non-hydrogen) atoms. The highest BCUT2D eigenvalue weighted by Crippen LogP contribution is 2.20. The van der Waals surface area contributed by atoms with E-state index < -0.39 is 0 Å². The SMILES string of the molecule is COCCOc1ccc(NC(=O)N2CCc3ccccc3C2)cc1. The molecule has 2 aromatic rings. The van der Waals surface area contributed by atoms with Crippen molar-refractivity contribution in [2.75, 3.05) is 32.2 Å². The van der Waals surface area contributed by atoms with Gasteiger partial charge < -0.3 is 19.7 Å². The Balaban J connectivity index is 1.55. The number of hydrogen-bond donors (Lipinski definition) is 1. The minimum Gasteiger partial charge on any atom is -0.491 e. The fourth-order valence-electron chi connectivity index (χ4n) is 2.75. The van der Waals surface area contributed by atoms with Gasteiger partial charge in [0.15, 0.2) is 0 Å². The summed E-state index contributed by atoms with van der Waals surface area (Å²) < 4.78 is 10.5. The van der Waals surface area contributed by atoms with Gasteiger partial charge in [0.05, 0.1) is 6.61 Å². The van der Waals surface area contributed by atoms with E-state index in [-0.39, 0.29) is 6.03 Å². The van der Waals surface area contributed by atoms with Crippen molar-refractivity contribution in [3.8, 4) is 5.75 Å². The highest BCUT2D eigenvalue weighted by Gasteiger charge is 2.20. The molecule has 0 atom stereocenters. The summed E-state index contributed by atoms with van der Waals surface area (Å²) in [5.74, 6) is 0.761. The number of carbonyl (C=O) groups is 1. The summed E-state index contributed by atoms with van der Waals surface area (Å²) in [6.45, 7) is 2.45. The molecule has 0 saturated carbocycles. The van der Waals surface area contributed by atoms with E-state index in [9.17, 15) is 4.79 Å². The minimum absolute atomic E-state index is 0.0717. The highest BCUT2D eigenvalue weighted by atomic mass is 16.5. The average molecular weight is 326 g/mol. The summed E-state index contributed by atoms with van der Waals surface area (Å²) >= 11 is 0. The summed E-state index contributed by atoms with van der Waals surface area (Å²) in [7, 11) is 1.64. The molecule has 5 heteroatoms. The molecule has 0 unspecified atom stereocenters. The van der Waals surface area contributed by atoms with Gasteiger partial charge in [-0.2, -0.15) is 0 Å². The van der Waals surface area contributed by atoms with Crippen LogP contribution in [0.3, 0.4) is 0 Å². The number of hydrogen-bond acceptors (Lipinski definition) is 3. The van der Waals surface area contributed by atoms with Gasteiger partial charge in [-0.1, -0.05) is 24.3 Å². The van der Waals surface area contributed by atoms with Crippen molar-refractivity contribution in [2.24, 2.45) is 0 Å². The van der Waals surface area contributed by atoms with Gasteiger partial charge in [-0.05, 0) is 41.8 Å². The molecule has 2 aromatic carbocycles. The summed E-state index contributed by atoms with van der Waals surface area (Å²) in [5, 5.41) is 2.94. The Hall–Kier alpha value is -2.53. The number of nitrogens with zero attached hydrogens (tertiary/aromatic N) is 1. The van der Waals surface area contributed by atoms with Crippen molar-refractivity contribution >= 4 is 11.7 Å². The van der Waals surface area contributed by atoms with E-state index in [4.69, 9.17) is 9.47 Å². The van der Waals surface area contributed by atoms with Crippen molar-refractivity contribution in [3.05, 3.63) is 59.7 Å². The number of anilines is 1. The fraction of sp³-hybridized carbons (Fsp3) is 0.316. The van der Waals surface area contributed by atoms with Crippen LogP contribution in [0.15, 0.2) is 48.5 Å². The van der Waals surface area contributed by atoms with Crippen LogP contribution in [-0.2, 0) is 17.7 Å². The van der Waals surface area contributed by atoms with Crippen molar-refractivity contribution in [1.82, 2.24) is 4.90 Å². The Kier molecular flexibility index (Phi) is 5.33. The summed E-state index contributed by atoms with van der Waals surface area (Å²) in [6.07, 6.45) is 0.899. The molecule has 1 N–H and O–H groups in total. The first kappa shape index (κ1) is 16.3. The van der Waals surface area contributed by atoms with Crippen molar-refractivity contribution in [1.29, 1.82) is 0 Å². The first-order valence-electron chi connectivity index (χ1n) is 8.11. The first-order valence-corrected chi connectivity index (χ1v) is 8.11. The quantitative estimate of drug-likeness (QED) is 0.858. The lowest BCUT2D eigenvalue weighted by Crippen LogP contribution is -2.38. The van der Waals surface area contributed by atoms with E-state index in [1.165, 1.54) is 11.1 Å². The molecule has 126 valence electrons. The van der Waals surface area contributed by atoms with E-state index in [1.807, 2.05) is 41.3 Å². The van der Waals surface area contributed by atoms with Crippen LogP contribution in [0.25, 0.3) is 0 Å². The monoisotopic (exact) mass is 326 g/mol. The van der Waals surface area contributed by atoms with Gasteiger partial charge in [-0.25, -0.2) is 4.79 Å². The molecule has 0 saturated heterocycles. The first-order chi connectivity index (χ1) is 11.8. The van der Waals surface area contributed by atoms with Crippen LogP contribution in [0.1, 0.15) is 11.1 Å². The molecule has 2 amide bonds. The maximum atomic E-state index is 12.4. The van der Waals surface area contributed by atoms with Gasteiger partial charge in [-0.3, -0.25) is 0 Å². The number of methoxy groups -OCH3 is 1. The zero-order valence-electron chi connectivity index (χ0n) is 13.8. The molecule has 5 nitrogen and oxygen atoms in total. The largest absolute Gasteiger partial charge is 0.491 e. The topological polar surface area (TPSA) is 50.8 Å². The predicted molar refractivity (Wildman–Crippen MR) is 93.4 cm³/mol. The molecule has 0 bridgehead atoms. The van der Waals surface area contributed by atoms with Crippen LogP contribution in [0, 0.1) is 0 Å². The third kappa shape index (κ3) is 4.06. The summed E-state index contributed by atoms with van der Waals surface area (Å²) in [5.41, 5.74) is 3.32. The van der Waals surface area contributed by atoms with Gasteiger partial charge >= 0.3 is 6.03 Å². The van der Waals surface area contributed by atoms with E-state index in [2.05, 4.69) is 17.4 Å². The van der Waals surface area contributed by atoms with E-state index in [0.29, 0.717) is 19.8 Å². The molecular weight excluding hydrogens is 304 g/mol. The number of carbonyl (C=O) groups excluding carboxylic acids is 1. The molecule has 1 heterocycles. The average Bonchev–Trinajstić information content (AvgIpc) is 2.63. The van der Waals surface area contributed by atoms with Gasteiger partial charge in [0.2, 0.25) is 0 Å². The Morgan fingerprint density at radius 2 is 1.83 bits per heavy atom. The maximum absolute atomic E-state index is 12.4. The molecule has 1 aliphatic heterocycles. The second kappa shape index (κ2) is 7.84. The number of amides is 2. The number of ether oxygens (including phenoxy) is 2. The smallest absolute Gasteiger partial charge is 0.322 e. The number of benzene rings is 2. The fourth-order valence-corrected chi connectivity index (χ4v) is 2.75. The second-order valence-corrected chi connectivity index (χ2v) is 5.74. The van der Waals surface area contributed by atoms with Crippen LogP contribution in [0.2, 0.25) is 0 Å². The third-order valence-corrected chi connectivity index (χ3v) is 4.08. The van der Waals surface area contributed by atoms with Crippen LogP contribution >= 0.6 is 0 Å². The van der Waals surface area contributed by atoms with Crippen molar-refractivity contribution in [2.45, 2.75) is 13.0 Å². The van der Waals surface area contributed by atoms with Crippen molar-refractivity contribution in [3.63, 3.8) is 0 Å². The van der Waals surface area contributed by atoms with Gasteiger partial charge in [0.25, 0.3) is 0 Å². The lowest BCUT2D eigenvalue weighted by molar-refractivity contribution is 0.146. The van der Waals surface area contributed by atoms with E-state index in [1.54, 1.807) is 7.11 Å². The molecule has 0 radical (unpaired) electrons. The molecular formula is C19H22N2O3. The zero-order chi connectivity index (χ0) is 16.8. The second-order valence-electron chi connectivity index (χ2n) is 5.74. The lowest BCUT2D eigenvalue weighted by atomic mass is 10.0. The van der Waals surface area contributed by atoms with Gasteiger partial charge in [-0.15, -0.1) is 0 Å². The van der Waals surface area contributed by atoms with Gasteiger partial charge in [0.1, 0.15) is 12.4 Å². The Bertz CT molecular complexity index is 685. The number of fused-ring (bicyclic) bond motifs is 1. The predicted octanol–water partition coefficient (Wildman–Crippen LogP) is 3.30. The molecule has 3 rings (SSSR count). The molecule has 0 fully saturated rings. The van der Waals surface area contributed by atoms with Gasteiger partial charge in [0, 0.05) is 25.9 Å². The van der Waals surface area contributed by atoms with Crippen LogP contribution in [0.5, 0.6) is 5.75 Å². The molecule has 0 aromatic heterocycles. The number of urea groups is 1.